The fraction of sp³-hybridized carbons (Fsp3) is 0.290. The third kappa shape index (κ3) is 4.37. The maximum absolute atomic E-state index is 14.0. The van der Waals surface area contributed by atoms with Crippen molar-refractivity contribution in [3.05, 3.63) is 104 Å². The lowest BCUT2D eigenvalue weighted by Gasteiger charge is -2.26. The van der Waals surface area contributed by atoms with Crippen molar-refractivity contribution in [2.75, 3.05) is 13.2 Å². The zero-order valence-corrected chi connectivity index (χ0v) is 21.9. The van der Waals surface area contributed by atoms with Crippen LogP contribution in [0.3, 0.4) is 0 Å². The molecule has 0 bridgehead atoms. The van der Waals surface area contributed by atoms with Crippen molar-refractivity contribution in [3.63, 3.8) is 0 Å². The van der Waals surface area contributed by atoms with Crippen LogP contribution < -0.4 is 14.9 Å². The van der Waals surface area contributed by atoms with Gasteiger partial charge in [0.1, 0.15) is 5.58 Å². The zero-order valence-electron chi connectivity index (χ0n) is 21.9. The van der Waals surface area contributed by atoms with Crippen LogP contribution in [0.2, 0.25) is 0 Å². The molecule has 0 aliphatic carbocycles. The highest BCUT2D eigenvalue weighted by atomic mass is 16.5. The van der Waals surface area contributed by atoms with Crippen LogP contribution >= 0.6 is 0 Å². The Labute approximate surface area is 216 Å². The van der Waals surface area contributed by atoms with E-state index in [1.165, 1.54) is 0 Å². The van der Waals surface area contributed by atoms with Gasteiger partial charge in [-0.2, -0.15) is 0 Å². The number of carbonyl (C=O) groups excluding carboxylic acids is 1. The monoisotopic (exact) mass is 497 g/mol. The Bertz CT molecular complexity index is 1550. The van der Waals surface area contributed by atoms with E-state index >= 15 is 0 Å². The topological polar surface area (TPSA) is 69.0 Å². The molecule has 3 aromatic carbocycles. The molecule has 37 heavy (non-hydrogen) atoms. The summed E-state index contributed by atoms with van der Waals surface area (Å²) in [6, 6.07) is 16.8. The summed E-state index contributed by atoms with van der Waals surface area (Å²) in [4.78, 5) is 29.5. The van der Waals surface area contributed by atoms with E-state index in [2.05, 4.69) is 0 Å². The molecule has 6 nitrogen and oxygen atoms in total. The van der Waals surface area contributed by atoms with Crippen LogP contribution in [0.4, 0.5) is 0 Å². The molecule has 5 rings (SSSR count). The minimum absolute atomic E-state index is 0.105. The van der Waals surface area contributed by atoms with Gasteiger partial charge in [0.25, 0.3) is 5.91 Å². The molecule has 190 valence electrons. The number of carbonyl (C=O) groups is 1. The molecule has 1 amide bonds. The average molecular weight is 498 g/mol. The summed E-state index contributed by atoms with van der Waals surface area (Å²) in [5.41, 5.74) is 5.31. The van der Waals surface area contributed by atoms with Crippen molar-refractivity contribution in [1.82, 2.24) is 4.90 Å². The summed E-state index contributed by atoms with van der Waals surface area (Å²) in [5, 5.41) is 0.488. The predicted molar refractivity (Wildman–Crippen MR) is 144 cm³/mol. The number of rotatable bonds is 7. The largest absolute Gasteiger partial charge is 0.490 e. The van der Waals surface area contributed by atoms with Crippen LogP contribution in [-0.2, 0) is 6.54 Å². The van der Waals surface area contributed by atoms with Gasteiger partial charge in [0.15, 0.2) is 16.9 Å². The van der Waals surface area contributed by atoms with Gasteiger partial charge in [-0.05, 0) is 75.1 Å². The third-order valence-electron chi connectivity index (χ3n) is 6.75. The first-order valence-electron chi connectivity index (χ1n) is 12.7. The van der Waals surface area contributed by atoms with Crippen LogP contribution in [0.25, 0.3) is 11.0 Å². The molecule has 0 saturated heterocycles. The predicted octanol–water partition coefficient (Wildman–Crippen LogP) is 6.26. The number of fused-ring (bicyclic) bond motifs is 2. The summed E-state index contributed by atoms with van der Waals surface area (Å²) in [6.07, 6.45) is 0. The average Bonchev–Trinajstić information content (AvgIpc) is 3.14. The van der Waals surface area contributed by atoms with Gasteiger partial charge < -0.3 is 18.8 Å². The van der Waals surface area contributed by atoms with Crippen LogP contribution in [0, 0.1) is 20.8 Å². The molecule has 6 heteroatoms. The number of amides is 1. The molecule has 0 spiro atoms. The molecular formula is C31H31NO5. The second-order valence-electron chi connectivity index (χ2n) is 9.53. The number of hydrogen-bond donors (Lipinski definition) is 0. The van der Waals surface area contributed by atoms with Crippen molar-refractivity contribution in [1.29, 1.82) is 0 Å². The van der Waals surface area contributed by atoms with Crippen LogP contribution in [0.5, 0.6) is 11.5 Å². The van der Waals surface area contributed by atoms with Gasteiger partial charge in [0.05, 0.1) is 30.2 Å². The van der Waals surface area contributed by atoms with Crippen LogP contribution in [0.15, 0.2) is 63.8 Å². The van der Waals surface area contributed by atoms with Gasteiger partial charge in [-0.1, -0.05) is 42.0 Å². The standard InChI is InChI=1S/C31H31NO5/c1-6-35-24-13-12-22(16-25(24)36-7-2)27-26-28(33)23-15-19(4)14-20(5)29(23)37-30(26)31(34)32(27)17-21-10-8-18(3)9-11-21/h8-16,27H,6-7,17H2,1-5H3. The lowest BCUT2D eigenvalue weighted by Crippen LogP contribution is -2.29. The fourth-order valence-corrected chi connectivity index (χ4v) is 5.11. The van der Waals surface area contributed by atoms with E-state index in [9.17, 15) is 9.59 Å². The smallest absolute Gasteiger partial charge is 0.291 e. The summed E-state index contributed by atoms with van der Waals surface area (Å²) < 4.78 is 17.8. The molecule has 1 unspecified atom stereocenters. The molecule has 0 saturated carbocycles. The van der Waals surface area contributed by atoms with E-state index in [1.807, 2.05) is 89.2 Å². The molecule has 0 N–H and O–H groups in total. The maximum atomic E-state index is 14.0. The van der Waals surface area contributed by atoms with Gasteiger partial charge in [-0.15, -0.1) is 0 Å². The van der Waals surface area contributed by atoms with Crippen molar-refractivity contribution < 1.29 is 18.7 Å². The number of ether oxygens (including phenoxy) is 2. The first kappa shape index (κ1) is 24.6. The molecule has 4 aromatic rings. The van der Waals surface area contributed by atoms with Crippen molar-refractivity contribution in [3.8, 4) is 11.5 Å². The molecule has 2 heterocycles. The van der Waals surface area contributed by atoms with Gasteiger partial charge in [0, 0.05) is 6.54 Å². The van der Waals surface area contributed by atoms with E-state index in [0.29, 0.717) is 47.8 Å². The number of benzene rings is 3. The summed E-state index contributed by atoms with van der Waals surface area (Å²) >= 11 is 0. The highest BCUT2D eigenvalue weighted by Crippen LogP contribution is 2.42. The number of nitrogens with zero attached hydrogens (tertiary/aromatic N) is 1. The van der Waals surface area contributed by atoms with Crippen molar-refractivity contribution in [2.24, 2.45) is 0 Å². The van der Waals surface area contributed by atoms with Gasteiger partial charge in [-0.25, -0.2) is 0 Å². The lowest BCUT2D eigenvalue weighted by atomic mass is 9.96. The quantitative estimate of drug-likeness (QED) is 0.301. The Kier molecular flexibility index (Phi) is 6.50. The minimum atomic E-state index is -0.625. The van der Waals surface area contributed by atoms with Crippen molar-refractivity contribution >= 4 is 16.9 Å². The molecule has 1 atom stereocenters. The van der Waals surface area contributed by atoms with E-state index < -0.39 is 6.04 Å². The van der Waals surface area contributed by atoms with E-state index in [4.69, 9.17) is 13.9 Å². The van der Waals surface area contributed by atoms with E-state index in [0.717, 1.165) is 27.8 Å². The highest BCUT2D eigenvalue weighted by molar-refractivity contribution is 5.99. The normalized spacial score (nSPS) is 14.8. The molecule has 1 aliphatic heterocycles. The molecule has 0 fully saturated rings. The maximum Gasteiger partial charge on any atom is 0.291 e. The summed E-state index contributed by atoms with van der Waals surface area (Å²) in [5.74, 6) is 1.01. The SMILES string of the molecule is CCOc1ccc(C2c3c(oc4c(C)cc(C)cc4c3=O)C(=O)N2Cc2ccc(C)cc2)cc1OCC. The van der Waals surface area contributed by atoms with E-state index in [-0.39, 0.29) is 17.1 Å². The summed E-state index contributed by atoms with van der Waals surface area (Å²) in [7, 11) is 0. The molecular weight excluding hydrogens is 466 g/mol. The number of aryl methyl sites for hydroxylation is 3. The highest BCUT2D eigenvalue weighted by Gasteiger charge is 2.43. The fourth-order valence-electron chi connectivity index (χ4n) is 5.11. The van der Waals surface area contributed by atoms with Gasteiger partial charge >= 0.3 is 0 Å². The van der Waals surface area contributed by atoms with Gasteiger partial charge in [0.2, 0.25) is 5.76 Å². The number of hydrogen-bond acceptors (Lipinski definition) is 5. The lowest BCUT2D eigenvalue weighted by molar-refractivity contribution is 0.0714. The minimum Gasteiger partial charge on any atom is -0.490 e. The second kappa shape index (κ2) is 9.77. The Balaban J connectivity index is 1.73. The second-order valence-corrected chi connectivity index (χ2v) is 9.53. The Morgan fingerprint density at radius 3 is 2.24 bits per heavy atom. The Hall–Kier alpha value is -4.06. The van der Waals surface area contributed by atoms with Crippen molar-refractivity contribution in [2.45, 2.75) is 47.2 Å². The van der Waals surface area contributed by atoms with Gasteiger partial charge in [-0.3, -0.25) is 9.59 Å². The Morgan fingerprint density at radius 2 is 1.54 bits per heavy atom. The molecule has 1 aromatic heterocycles. The first-order chi connectivity index (χ1) is 17.8. The van der Waals surface area contributed by atoms with Crippen LogP contribution in [-0.4, -0.2) is 24.0 Å². The first-order valence-corrected chi connectivity index (χ1v) is 12.7. The molecule has 1 aliphatic rings. The van der Waals surface area contributed by atoms with Crippen LogP contribution in [0.1, 0.15) is 63.8 Å². The third-order valence-corrected chi connectivity index (χ3v) is 6.75. The summed E-state index contributed by atoms with van der Waals surface area (Å²) in [6.45, 7) is 11.0. The van der Waals surface area contributed by atoms with E-state index in [1.54, 1.807) is 4.90 Å². The zero-order chi connectivity index (χ0) is 26.3. The Morgan fingerprint density at radius 1 is 0.838 bits per heavy atom. The molecule has 0 radical (unpaired) electrons.